The molecule has 0 radical (unpaired) electrons. The summed E-state index contributed by atoms with van der Waals surface area (Å²) in [6, 6.07) is 9.54. The molecule has 0 unspecified atom stereocenters. The van der Waals surface area contributed by atoms with Crippen molar-refractivity contribution in [1.29, 1.82) is 0 Å². The Kier molecular flexibility index (Phi) is 7.08. The zero-order chi connectivity index (χ0) is 28.7. The van der Waals surface area contributed by atoms with E-state index in [1.54, 1.807) is 0 Å². The van der Waals surface area contributed by atoms with Crippen molar-refractivity contribution >= 4 is 23.3 Å². The third-order valence-corrected chi connectivity index (χ3v) is 5.50. The summed E-state index contributed by atoms with van der Waals surface area (Å²) in [5, 5.41) is 8.11. The highest BCUT2D eigenvalue weighted by atomic mass is 35.5. The number of carbonyl (C=O) groups is 2. The highest BCUT2D eigenvalue weighted by molar-refractivity contribution is 6.30. The van der Waals surface area contributed by atoms with Gasteiger partial charge in [-0.25, -0.2) is 19.1 Å². The number of nitrogens with two attached hydrogens (primary N) is 1. The van der Waals surface area contributed by atoms with Crippen LogP contribution in [0.4, 0.5) is 26.3 Å². The first-order valence-electron chi connectivity index (χ1n) is 10.6. The van der Waals surface area contributed by atoms with Gasteiger partial charge in [-0.2, -0.15) is 26.3 Å². The number of ketones is 1. The molecule has 10 nitrogen and oxygen atoms in total. The Morgan fingerprint density at radius 1 is 0.949 bits per heavy atom. The van der Waals surface area contributed by atoms with Crippen molar-refractivity contribution in [2.24, 2.45) is 5.73 Å². The maximum Gasteiger partial charge on any atom is 0.451 e. The predicted octanol–water partition coefficient (Wildman–Crippen LogP) is 3.24. The minimum atomic E-state index is -5.25. The molecule has 4 aromatic rings. The van der Waals surface area contributed by atoms with E-state index >= 15 is 0 Å². The number of hydrogen-bond donors (Lipinski definition) is 1. The predicted molar refractivity (Wildman–Crippen MR) is 122 cm³/mol. The van der Waals surface area contributed by atoms with Gasteiger partial charge in [-0.05, 0) is 36.4 Å². The Morgan fingerprint density at radius 3 is 2.18 bits per heavy atom. The molecular formula is C22H14ClF6N7O3. The molecule has 204 valence electrons. The molecule has 0 bridgehead atoms. The van der Waals surface area contributed by atoms with Crippen LogP contribution < -0.4 is 11.4 Å². The standard InChI is InChI=1S/C22H14ClF6N7O3/c23-12-7-5-11(6-8-12)18-33-35(20(39)34(18)9-15(37)22(27,28)29)10-16-31-19(17(30)38)36(32-16)14-4-2-1-3-13(14)21(24,25)26/h1-8H,9-10H2,(H2,30,38). The molecular weight excluding hydrogens is 560 g/mol. The van der Waals surface area contributed by atoms with Crippen LogP contribution in [0.2, 0.25) is 5.02 Å². The van der Waals surface area contributed by atoms with E-state index in [1.165, 1.54) is 30.3 Å². The maximum absolute atomic E-state index is 13.5. The molecule has 2 aromatic heterocycles. The lowest BCUT2D eigenvalue weighted by Crippen LogP contribution is -2.33. The van der Waals surface area contributed by atoms with Crippen LogP contribution in [0.15, 0.2) is 53.3 Å². The second kappa shape index (κ2) is 10.0. The number of rotatable bonds is 7. The molecule has 0 saturated heterocycles. The summed E-state index contributed by atoms with van der Waals surface area (Å²) < 4.78 is 81.1. The number of primary amides is 1. The van der Waals surface area contributed by atoms with Crippen molar-refractivity contribution in [2.45, 2.75) is 25.4 Å². The topological polar surface area (TPSA) is 131 Å². The number of aromatic nitrogens is 6. The van der Waals surface area contributed by atoms with E-state index in [0.29, 0.717) is 13.9 Å². The van der Waals surface area contributed by atoms with Gasteiger partial charge in [-0.3, -0.25) is 14.2 Å². The first-order chi connectivity index (χ1) is 18.2. The molecule has 0 spiro atoms. The van der Waals surface area contributed by atoms with Crippen LogP contribution in [-0.2, 0) is 24.1 Å². The van der Waals surface area contributed by atoms with Gasteiger partial charge in [-0.1, -0.05) is 23.7 Å². The van der Waals surface area contributed by atoms with Gasteiger partial charge in [0.15, 0.2) is 11.6 Å². The second-order valence-corrected chi connectivity index (χ2v) is 8.36. The fraction of sp³-hybridized carbons (Fsp3) is 0.182. The summed E-state index contributed by atoms with van der Waals surface area (Å²) in [5.74, 6) is -4.95. The van der Waals surface area contributed by atoms with E-state index in [-0.39, 0.29) is 16.4 Å². The van der Waals surface area contributed by atoms with Gasteiger partial charge in [0, 0.05) is 10.6 Å². The first-order valence-corrected chi connectivity index (χ1v) is 11.0. The van der Waals surface area contributed by atoms with Crippen LogP contribution in [0.25, 0.3) is 17.1 Å². The van der Waals surface area contributed by atoms with E-state index in [4.69, 9.17) is 17.3 Å². The van der Waals surface area contributed by atoms with E-state index in [0.717, 1.165) is 18.2 Å². The molecule has 0 aliphatic heterocycles. The molecule has 0 atom stereocenters. The van der Waals surface area contributed by atoms with Gasteiger partial charge in [-0.15, -0.1) is 10.2 Å². The van der Waals surface area contributed by atoms with Crippen molar-refractivity contribution in [2.75, 3.05) is 0 Å². The van der Waals surface area contributed by atoms with Crippen LogP contribution in [-0.4, -0.2) is 47.0 Å². The molecule has 0 fully saturated rings. The molecule has 1 amide bonds. The van der Waals surface area contributed by atoms with Crippen LogP contribution in [0, 0.1) is 0 Å². The van der Waals surface area contributed by atoms with Crippen molar-refractivity contribution in [3.05, 3.63) is 81.3 Å². The largest absolute Gasteiger partial charge is 0.451 e. The third-order valence-electron chi connectivity index (χ3n) is 5.24. The summed E-state index contributed by atoms with van der Waals surface area (Å²) >= 11 is 5.84. The van der Waals surface area contributed by atoms with Crippen molar-refractivity contribution in [3.63, 3.8) is 0 Å². The number of hydrogen-bond acceptors (Lipinski definition) is 6. The maximum atomic E-state index is 13.5. The zero-order valence-electron chi connectivity index (χ0n) is 19.2. The van der Waals surface area contributed by atoms with Gasteiger partial charge in [0.1, 0.15) is 6.54 Å². The molecule has 0 aliphatic carbocycles. The molecule has 2 aromatic carbocycles. The number of Topliss-reactive ketones (excluding diaryl/α,β-unsaturated/α-hetero) is 1. The lowest BCUT2D eigenvalue weighted by atomic mass is 10.1. The molecule has 2 heterocycles. The Bertz CT molecular complexity index is 1620. The number of amides is 1. The lowest BCUT2D eigenvalue weighted by Gasteiger charge is -2.12. The average Bonchev–Trinajstić information content (AvgIpc) is 3.41. The Balaban J connectivity index is 1.81. The van der Waals surface area contributed by atoms with Gasteiger partial charge < -0.3 is 5.73 Å². The number of benzene rings is 2. The van der Waals surface area contributed by atoms with Crippen molar-refractivity contribution < 1.29 is 35.9 Å². The number of para-hydroxylation sites is 1. The first kappa shape index (κ1) is 27.6. The summed E-state index contributed by atoms with van der Waals surface area (Å²) in [6.07, 6.45) is -10.1. The minimum Gasteiger partial charge on any atom is -0.363 e. The Labute approximate surface area is 218 Å². The molecule has 4 rings (SSSR count). The summed E-state index contributed by atoms with van der Waals surface area (Å²) in [7, 11) is 0. The molecule has 0 saturated carbocycles. The summed E-state index contributed by atoms with van der Waals surface area (Å²) in [4.78, 5) is 40.4. The quantitative estimate of drug-likeness (QED) is 0.338. The molecule has 2 N–H and O–H groups in total. The van der Waals surface area contributed by atoms with Gasteiger partial charge in [0.2, 0.25) is 5.82 Å². The lowest BCUT2D eigenvalue weighted by molar-refractivity contribution is -0.171. The second-order valence-electron chi connectivity index (χ2n) is 7.92. The number of alkyl halides is 6. The third kappa shape index (κ3) is 5.69. The summed E-state index contributed by atoms with van der Waals surface area (Å²) in [6.45, 7) is -2.11. The zero-order valence-corrected chi connectivity index (χ0v) is 19.9. The van der Waals surface area contributed by atoms with Crippen LogP contribution in [0.5, 0.6) is 0 Å². The van der Waals surface area contributed by atoms with Crippen molar-refractivity contribution in [3.8, 4) is 17.1 Å². The Hall–Kier alpha value is -4.47. The number of carbonyl (C=O) groups excluding carboxylic acids is 2. The Morgan fingerprint density at radius 2 is 1.59 bits per heavy atom. The smallest absolute Gasteiger partial charge is 0.363 e. The molecule has 39 heavy (non-hydrogen) atoms. The van der Waals surface area contributed by atoms with E-state index in [1.807, 2.05) is 0 Å². The molecule has 17 heteroatoms. The SMILES string of the molecule is NC(=O)c1nc(Cn2nc(-c3ccc(Cl)cc3)n(CC(=O)C(F)(F)F)c2=O)nn1-c1ccccc1C(F)(F)F. The van der Waals surface area contributed by atoms with Gasteiger partial charge >= 0.3 is 18.0 Å². The van der Waals surface area contributed by atoms with Gasteiger partial charge in [0.25, 0.3) is 11.7 Å². The van der Waals surface area contributed by atoms with Crippen LogP contribution in [0.1, 0.15) is 22.0 Å². The minimum absolute atomic E-state index is 0.126. The highest BCUT2D eigenvalue weighted by Gasteiger charge is 2.39. The van der Waals surface area contributed by atoms with E-state index in [9.17, 15) is 40.7 Å². The number of nitrogens with zero attached hydrogens (tertiary/aromatic N) is 6. The van der Waals surface area contributed by atoms with Crippen LogP contribution in [0.3, 0.4) is 0 Å². The summed E-state index contributed by atoms with van der Waals surface area (Å²) in [5.41, 5.74) is 2.45. The monoisotopic (exact) mass is 573 g/mol. The fourth-order valence-electron chi connectivity index (χ4n) is 3.51. The highest BCUT2D eigenvalue weighted by Crippen LogP contribution is 2.33. The number of halogens is 7. The van der Waals surface area contributed by atoms with E-state index < -0.39 is 65.7 Å². The van der Waals surface area contributed by atoms with E-state index in [2.05, 4.69) is 15.2 Å². The molecule has 0 aliphatic rings. The van der Waals surface area contributed by atoms with Crippen LogP contribution >= 0.6 is 11.6 Å². The average molecular weight is 574 g/mol. The normalized spacial score (nSPS) is 12.1. The fourth-order valence-corrected chi connectivity index (χ4v) is 3.64. The van der Waals surface area contributed by atoms with Gasteiger partial charge in [0.05, 0.1) is 17.8 Å². The van der Waals surface area contributed by atoms with Crippen molar-refractivity contribution in [1.82, 2.24) is 29.1 Å².